The van der Waals surface area contributed by atoms with Crippen molar-refractivity contribution in [3.05, 3.63) is 31.0 Å². The van der Waals surface area contributed by atoms with Crippen LogP contribution in [-0.2, 0) is 44.3 Å². The molecular weight excluding hydrogens is 722 g/mol. The number of aliphatic carboxylic acids is 6. The van der Waals surface area contributed by atoms with E-state index in [4.69, 9.17) is 40.9 Å². The number of aliphatic hydroxyl groups is 2. The van der Waals surface area contributed by atoms with Gasteiger partial charge in [0, 0.05) is 36.4 Å². The number of fused-ring (bicyclic) bond motifs is 1. The summed E-state index contributed by atoms with van der Waals surface area (Å²) in [7, 11) is -3.27. The molecule has 3 aromatic heterocycles. The highest BCUT2D eigenvalue weighted by Crippen LogP contribution is 2.35. The fourth-order valence-electron chi connectivity index (χ4n) is 4.71. The Kier molecular flexibility index (Phi) is 13.6. The van der Waals surface area contributed by atoms with Crippen molar-refractivity contribution in [2.75, 3.05) is 18.8 Å². The summed E-state index contributed by atoms with van der Waals surface area (Å²) < 4.78 is 27.2. The van der Waals surface area contributed by atoms with Crippen LogP contribution in [0, 0.1) is 11.3 Å². The van der Waals surface area contributed by atoms with E-state index in [1.165, 1.54) is 10.6 Å². The molecule has 0 saturated carbocycles. The molecule has 24 heteroatoms. The van der Waals surface area contributed by atoms with Gasteiger partial charge in [0.15, 0.2) is 11.2 Å². The molecule has 1 aliphatic heterocycles. The lowest BCUT2D eigenvalue weighted by molar-refractivity contribution is -0.170. The molecule has 3 aromatic rings. The lowest BCUT2D eigenvalue weighted by Gasteiger charge is -2.47. The zero-order chi connectivity index (χ0) is 39.7. The fraction of sp³-hybridized carbons (Fsp3) is 0.429. The van der Waals surface area contributed by atoms with Crippen LogP contribution < -0.4 is 0 Å². The van der Waals surface area contributed by atoms with E-state index in [0.717, 1.165) is 22.3 Å². The van der Waals surface area contributed by atoms with Crippen LogP contribution in [0.25, 0.3) is 22.3 Å². The summed E-state index contributed by atoms with van der Waals surface area (Å²) in [6.45, 7) is 2.12. The third kappa shape index (κ3) is 10.5. The molecule has 23 nitrogen and oxygen atoms in total. The van der Waals surface area contributed by atoms with Crippen molar-refractivity contribution in [1.29, 1.82) is 5.26 Å². The van der Waals surface area contributed by atoms with Gasteiger partial charge < -0.3 is 45.8 Å². The number of nitrogens with one attached hydrogen (secondary N) is 1. The highest BCUT2D eigenvalue weighted by molar-refractivity contribution is 7.89. The molecule has 9 N–H and O–H groups in total. The number of sulfonamides is 1. The number of H-pyrrole nitrogens is 1. The lowest BCUT2D eigenvalue weighted by Crippen LogP contribution is -2.64. The van der Waals surface area contributed by atoms with E-state index in [-0.39, 0.29) is 25.3 Å². The van der Waals surface area contributed by atoms with Gasteiger partial charge in [-0.2, -0.15) is 14.7 Å². The van der Waals surface area contributed by atoms with Crippen LogP contribution in [0.2, 0.25) is 0 Å². The molecular formula is C28H33N7O16S. The molecule has 0 bridgehead atoms. The molecule has 0 atom stereocenters. The first-order valence-electron chi connectivity index (χ1n) is 14.5. The normalized spacial score (nSPS) is 14.0. The van der Waals surface area contributed by atoms with Gasteiger partial charge in [-0.05, 0) is 13.0 Å². The molecule has 4 heterocycles. The average Bonchev–Trinajstić information content (AvgIpc) is 3.68. The summed E-state index contributed by atoms with van der Waals surface area (Å²) >= 11 is 0. The van der Waals surface area contributed by atoms with E-state index in [1.807, 2.05) is 12.3 Å². The lowest BCUT2D eigenvalue weighted by atomic mass is 9.89. The molecule has 0 aliphatic carbocycles. The molecule has 0 radical (unpaired) electrons. The number of hydrogen-bond acceptors (Lipinski definition) is 14. The molecule has 1 aliphatic rings. The quantitative estimate of drug-likeness (QED) is 0.0860. The van der Waals surface area contributed by atoms with Crippen molar-refractivity contribution in [2.45, 2.75) is 55.8 Å². The molecule has 4 rings (SSSR count). The number of carbonyl (C=O) groups is 6. The van der Waals surface area contributed by atoms with Crippen molar-refractivity contribution in [2.24, 2.45) is 0 Å². The first-order chi connectivity index (χ1) is 24.0. The van der Waals surface area contributed by atoms with Gasteiger partial charge in [-0.3, -0.25) is 23.9 Å². The van der Waals surface area contributed by atoms with Crippen LogP contribution in [0.4, 0.5) is 0 Å². The summed E-state index contributed by atoms with van der Waals surface area (Å²) in [6.07, 6.45) is 2.39. The number of nitriles is 1. The van der Waals surface area contributed by atoms with Gasteiger partial charge in [0.25, 0.3) is 0 Å². The van der Waals surface area contributed by atoms with Crippen molar-refractivity contribution in [3.63, 3.8) is 0 Å². The summed E-state index contributed by atoms with van der Waals surface area (Å²) in [5.41, 5.74) is -3.84. The zero-order valence-corrected chi connectivity index (χ0v) is 27.8. The largest absolute Gasteiger partial charge is 0.481 e. The molecule has 0 unspecified atom stereocenters. The van der Waals surface area contributed by atoms with Gasteiger partial charge >= 0.3 is 35.8 Å². The summed E-state index contributed by atoms with van der Waals surface area (Å²) in [6, 6.07) is 4.06. The van der Waals surface area contributed by atoms with Crippen LogP contribution in [0.3, 0.4) is 0 Å². The topological polar surface area (TPSA) is 385 Å². The zero-order valence-electron chi connectivity index (χ0n) is 27.0. The predicted molar refractivity (Wildman–Crippen MR) is 169 cm³/mol. The van der Waals surface area contributed by atoms with E-state index in [9.17, 15) is 42.4 Å². The third-order valence-electron chi connectivity index (χ3n) is 7.37. The third-order valence-corrected chi connectivity index (χ3v) is 9.15. The van der Waals surface area contributed by atoms with Gasteiger partial charge in [0.2, 0.25) is 10.0 Å². The number of carboxylic acid groups (broad SMARTS) is 6. The smallest absolute Gasteiger partial charge is 0.336 e. The standard InChI is InChI=1S/C16H17N7O2S.2C6H8O7/c1-2-26(24,25)22-9-16(10-22,4-5-17)23-8-12(7-21-23)14-13-3-6-18-15(13)20-11-19-14;2*7-3(8)1-6(13,5(11)12)2-4(9)10/h3,6-8,11H,2,4,9-10H2,1H3,(H,18,19,20);2*13H,1-2H2,(H,7,8)(H,9,10)(H,11,12). The average molecular weight is 756 g/mol. The number of aromatic amines is 1. The Bertz CT molecular complexity index is 1890. The molecule has 0 amide bonds. The second-order valence-corrected chi connectivity index (χ2v) is 13.6. The van der Waals surface area contributed by atoms with E-state index < -0.39 is 88.3 Å². The SMILES string of the molecule is CCS(=O)(=O)N1CC(CC#N)(n2cc(-c3ncnc4[nH]ccc34)cn2)C1.O=C(O)CC(O)(CC(=O)O)C(=O)O.O=C(O)CC(O)(CC(=O)O)C(=O)O. The molecule has 0 aromatic carbocycles. The van der Waals surface area contributed by atoms with Gasteiger partial charge in [-0.15, -0.1) is 0 Å². The Labute approximate surface area is 292 Å². The molecule has 282 valence electrons. The second kappa shape index (κ2) is 16.8. The van der Waals surface area contributed by atoms with E-state index in [0.29, 0.717) is 0 Å². The first kappa shape index (κ1) is 42.1. The Morgan fingerprint density at radius 1 is 0.885 bits per heavy atom. The Morgan fingerprint density at radius 2 is 1.37 bits per heavy atom. The number of carboxylic acids is 6. The highest BCUT2D eigenvalue weighted by Gasteiger charge is 2.50. The Morgan fingerprint density at radius 3 is 1.77 bits per heavy atom. The first-order valence-corrected chi connectivity index (χ1v) is 16.1. The minimum Gasteiger partial charge on any atom is -0.481 e. The minimum atomic E-state index is -3.27. The van der Waals surface area contributed by atoms with Crippen LogP contribution >= 0.6 is 0 Å². The maximum absolute atomic E-state index is 12.0. The van der Waals surface area contributed by atoms with E-state index in [2.05, 4.69) is 26.1 Å². The molecule has 52 heavy (non-hydrogen) atoms. The van der Waals surface area contributed by atoms with Crippen LogP contribution in [0.15, 0.2) is 31.0 Å². The monoisotopic (exact) mass is 755 g/mol. The number of rotatable bonds is 15. The predicted octanol–water partition coefficient (Wildman–Crippen LogP) is -1.40. The number of nitrogens with zero attached hydrogens (tertiary/aromatic N) is 6. The Hall–Kier alpha value is -6.03. The number of hydrogen-bond donors (Lipinski definition) is 9. The van der Waals surface area contributed by atoms with Crippen LogP contribution in [-0.4, -0.2) is 144 Å². The Balaban J connectivity index is 0.000000306. The van der Waals surface area contributed by atoms with Crippen molar-refractivity contribution in [1.82, 2.24) is 29.0 Å². The van der Waals surface area contributed by atoms with Gasteiger partial charge in [-0.1, -0.05) is 0 Å². The molecule has 1 saturated heterocycles. The van der Waals surface area contributed by atoms with Gasteiger partial charge in [0.05, 0.1) is 55.8 Å². The van der Waals surface area contributed by atoms with Crippen LogP contribution in [0.1, 0.15) is 39.0 Å². The van der Waals surface area contributed by atoms with Crippen molar-refractivity contribution < 1.29 is 78.0 Å². The second-order valence-electron chi connectivity index (χ2n) is 11.3. The van der Waals surface area contributed by atoms with Gasteiger partial charge in [0.1, 0.15) is 17.5 Å². The number of aromatic nitrogens is 5. The maximum atomic E-state index is 12.0. The minimum absolute atomic E-state index is 0.0480. The van der Waals surface area contributed by atoms with Crippen LogP contribution in [0.5, 0.6) is 0 Å². The summed E-state index contributed by atoms with van der Waals surface area (Å²) in [4.78, 5) is 72.5. The maximum Gasteiger partial charge on any atom is 0.336 e. The van der Waals surface area contributed by atoms with E-state index in [1.54, 1.807) is 24.0 Å². The molecule has 0 spiro atoms. The van der Waals surface area contributed by atoms with E-state index >= 15 is 0 Å². The molecule has 1 fully saturated rings. The highest BCUT2D eigenvalue weighted by atomic mass is 32.2. The summed E-state index contributed by atoms with van der Waals surface area (Å²) in [5, 5.41) is 82.1. The fourth-order valence-corrected chi connectivity index (χ4v) is 5.95. The van der Waals surface area contributed by atoms with Crippen molar-refractivity contribution in [3.8, 4) is 17.3 Å². The van der Waals surface area contributed by atoms with Gasteiger partial charge in [-0.25, -0.2) is 28.0 Å². The van der Waals surface area contributed by atoms with Crippen molar-refractivity contribution >= 4 is 56.9 Å². The summed E-state index contributed by atoms with van der Waals surface area (Å²) in [5.74, 6) is -9.99.